The molecule has 0 saturated carbocycles. The summed E-state index contributed by atoms with van der Waals surface area (Å²) in [7, 11) is 0. The van der Waals surface area contributed by atoms with Crippen LogP contribution in [0.2, 0.25) is 0 Å². The van der Waals surface area contributed by atoms with Crippen LogP contribution in [0.5, 0.6) is 5.75 Å². The molecule has 1 aromatic rings. The Kier molecular flexibility index (Phi) is 3.63. The molecule has 0 radical (unpaired) electrons. The van der Waals surface area contributed by atoms with Crippen LogP contribution < -0.4 is 0 Å². The van der Waals surface area contributed by atoms with Crippen molar-refractivity contribution < 1.29 is 19.0 Å². The van der Waals surface area contributed by atoms with Gasteiger partial charge in [0, 0.05) is 23.6 Å². The molecule has 1 amide bonds. The van der Waals surface area contributed by atoms with Crippen LogP contribution in [0.1, 0.15) is 44.7 Å². The summed E-state index contributed by atoms with van der Waals surface area (Å²) in [4.78, 5) is 13.6. The molecule has 1 unspecified atom stereocenters. The van der Waals surface area contributed by atoms with Crippen molar-refractivity contribution in [2.45, 2.75) is 45.8 Å². The summed E-state index contributed by atoms with van der Waals surface area (Å²) in [6.07, 6.45) is -0.446. The number of ether oxygens (including phenoxy) is 1. The van der Waals surface area contributed by atoms with E-state index in [-0.39, 0.29) is 24.0 Å². The highest BCUT2D eigenvalue weighted by atomic mass is 19.1. The lowest BCUT2D eigenvalue weighted by Gasteiger charge is -2.34. The molecule has 2 rings (SSSR count). The maximum absolute atomic E-state index is 13.9. The third-order valence-corrected chi connectivity index (χ3v) is 3.27. The Morgan fingerprint density at radius 3 is 2.70 bits per heavy atom. The Labute approximate surface area is 118 Å². The standard InChI is InChI=1S/C15H20FNO3/c1-9-7-17(14(19)20-15(2,3)4)8-10-12(18)6-5-11(16)13(9)10/h5-6,9,18H,7-8H2,1-4H3. The van der Waals surface area contributed by atoms with Crippen LogP contribution in [0, 0.1) is 5.82 Å². The van der Waals surface area contributed by atoms with Crippen molar-refractivity contribution in [1.82, 2.24) is 4.90 Å². The van der Waals surface area contributed by atoms with Crippen molar-refractivity contribution in [3.63, 3.8) is 0 Å². The van der Waals surface area contributed by atoms with Gasteiger partial charge in [0.1, 0.15) is 17.2 Å². The van der Waals surface area contributed by atoms with Gasteiger partial charge in [-0.25, -0.2) is 9.18 Å². The third-order valence-electron chi connectivity index (χ3n) is 3.27. The summed E-state index contributed by atoms with van der Waals surface area (Å²) < 4.78 is 19.2. The first-order valence-electron chi connectivity index (χ1n) is 6.67. The smallest absolute Gasteiger partial charge is 0.410 e. The first kappa shape index (κ1) is 14.6. The number of carbonyl (C=O) groups excluding carboxylic acids is 1. The highest BCUT2D eigenvalue weighted by molar-refractivity contribution is 5.69. The van der Waals surface area contributed by atoms with Crippen molar-refractivity contribution in [2.24, 2.45) is 0 Å². The first-order chi connectivity index (χ1) is 9.19. The van der Waals surface area contributed by atoms with E-state index in [1.54, 1.807) is 20.8 Å². The first-order valence-corrected chi connectivity index (χ1v) is 6.67. The topological polar surface area (TPSA) is 49.8 Å². The Bertz CT molecular complexity index is 537. The number of carbonyl (C=O) groups is 1. The fraction of sp³-hybridized carbons (Fsp3) is 0.533. The van der Waals surface area contributed by atoms with E-state index in [0.717, 1.165) is 0 Å². The van der Waals surface area contributed by atoms with Crippen molar-refractivity contribution in [2.75, 3.05) is 6.54 Å². The number of benzene rings is 1. The van der Waals surface area contributed by atoms with Gasteiger partial charge < -0.3 is 14.7 Å². The normalized spacial score (nSPS) is 18.6. The number of nitrogens with zero attached hydrogens (tertiary/aromatic N) is 1. The van der Waals surface area contributed by atoms with Crippen LogP contribution >= 0.6 is 0 Å². The Morgan fingerprint density at radius 1 is 1.45 bits per heavy atom. The summed E-state index contributed by atoms with van der Waals surface area (Å²) in [6.45, 7) is 7.76. The predicted molar refractivity (Wildman–Crippen MR) is 73.1 cm³/mol. The second kappa shape index (κ2) is 4.96. The molecule has 110 valence electrons. The fourth-order valence-electron chi connectivity index (χ4n) is 2.47. The van der Waals surface area contributed by atoms with E-state index < -0.39 is 11.7 Å². The largest absolute Gasteiger partial charge is 0.508 e. The minimum atomic E-state index is -0.579. The van der Waals surface area contributed by atoms with Gasteiger partial charge in [-0.3, -0.25) is 0 Å². The van der Waals surface area contributed by atoms with Crippen molar-refractivity contribution in [3.8, 4) is 5.75 Å². The number of phenols is 1. The quantitative estimate of drug-likeness (QED) is 0.793. The zero-order valence-electron chi connectivity index (χ0n) is 12.2. The van der Waals surface area contributed by atoms with E-state index in [0.29, 0.717) is 17.7 Å². The molecule has 0 fully saturated rings. The zero-order valence-corrected chi connectivity index (χ0v) is 12.2. The van der Waals surface area contributed by atoms with Crippen molar-refractivity contribution >= 4 is 6.09 Å². The van der Waals surface area contributed by atoms with E-state index in [2.05, 4.69) is 0 Å². The minimum Gasteiger partial charge on any atom is -0.508 e. The molecule has 1 aromatic carbocycles. The number of amides is 1. The van der Waals surface area contributed by atoms with Crippen LogP contribution in [0.25, 0.3) is 0 Å². The zero-order chi connectivity index (χ0) is 15.1. The number of fused-ring (bicyclic) bond motifs is 1. The lowest BCUT2D eigenvalue weighted by molar-refractivity contribution is 0.0206. The fourth-order valence-corrected chi connectivity index (χ4v) is 2.47. The molecule has 0 spiro atoms. The Morgan fingerprint density at radius 2 is 2.10 bits per heavy atom. The van der Waals surface area contributed by atoms with Crippen LogP contribution in [0.3, 0.4) is 0 Å². The summed E-state index contributed by atoms with van der Waals surface area (Å²) in [5, 5.41) is 9.89. The summed E-state index contributed by atoms with van der Waals surface area (Å²) in [5.41, 5.74) is 0.379. The lowest BCUT2D eigenvalue weighted by atomic mass is 9.90. The van der Waals surface area contributed by atoms with Crippen LogP contribution in [0.15, 0.2) is 12.1 Å². The summed E-state index contributed by atoms with van der Waals surface area (Å²) in [6, 6.07) is 2.58. The second-order valence-corrected chi connectivity index (χ2v) is 6.22. The molecular weight excluding hydrogens is 261 g/mol. The molecule has 1 N–H and O–H groups in total. The van der Waals surface area contributed by atoms with Gasteiger partial charge in [-0.05, 0) is 32.9 Å². The highest BCUT2D eigenvalue weighted by Crippen LogP contribution is 2.35. The van der Waals surface area contributed by atoms with E-state index in [1.165, 1.54) is 17.0 Å². The predicted octanol–water partition coefficient (Wildman–Crippen LogP) is 3.39. The van der Waals surface area contributed by atoms with Crippen LogP contribution in [-0.4, -0.2) is 28.2 Å². The number of aromatic hydroxyl groups is 1. The third kappa shape index (κ3) is 2.86. The molecular formula is C15H20FNO3. The number of hydrogen-bond acceptors (Lipinski definition) is 3. The number of phenolic OH excluding ortho intramolecular Hbond substituents is 1. The van der Waals surface area contributed by atoms with Gasteiger partial charge in [0.2, 0.25) is 0 Å². The van der Waals surface area contributed by atoms with Gasteiger partial charge in [0.15, 0.2) is 0 Å². The second-order valence-electron chi connectivity index (χ2n) is 6.22. The molecule has 5 heteroatoms. The molecule has 1 heterocycles. The maximum Gasteiger partial charge on any atom is 0.410 e. The number of hydrogen-bond donors (Lipinski definition) is 1. The van der Waals surface area contributed by atoms with Crippen LogP contribution in [0.4, 0.5) is 9.18 Å². The molecule has 0 aromatic heterocycles. The van der Waals surface area contributed by atoms with Crippen molar-refractivity contribution in [1.29, 1.82) is 0 Å². The van der Waals surface area contributed by atoms with Crippen molar-refractivity contribution in [3.05, 3.63) is 29.1 Å². The lowest BCUT2D eigenvalue weighted by Crippen LogP contribution is -2.41. The molecule has 1 aliphatic heterocycles. The average molecular weight is 281 g/mol. The Hall–Kier alpha value is -1.78. The minimum absolute atomic E-state index is 0.0153. The van der Waals surface area contributed by atoms with Gasteiger partial charge in [-0.15, -0.1) is 0 Å². The summed E-state index contributed by atoms with van der Waals surface area (Å²) in [5.74, 6) is -0.506. The highest BCUT2D eigenvalue weighted by Gasteiger charge is 2.32. The van der Waals surface area contributed by atoms with Gasteiger partial charge in [0.25, 0.3) is 0 Å². The van der Waals surface area contributed by atoms with Gasteiger partial charge >= 0.3 is 6.09 Å². The number of rotatable bonds is 0. The maximum atomic E-state index is 13.9. The molecule has 4 nitrogen and oxygen atoms in total. The average Bonchev–Trinajstić information content (AvgIpc) is 2.31. The van der Waals surface area contributed by atoms with Crippen LogP contribution in [-0.2, 0) is 11.3 Å². The molecule has 20 heavy (non-hydrogen) atoms. The van der Waals surface area contributed by atoms with Gasteiger partial charge in [-0.2, -0.15) is 0 Å². The molecule has 0 saturated heterocycles. The van der Waals surface area contributed by atoms with Gasteiger partial charge in [0.05, 0.1) is 6.54 Å². The molecule has 0 bridgehead atoms. The van der Waals surface area contributed by atoms with E-state index >= 15 is 0 Å². The summed E-state index contributed by atoms with van der Waals surface area (Å²) >= 11 is 0. The van der Waals surface area contributed by atoms with E-state index in [1.807, 2.05) is 6.92 Å². The SMILES string of the molecule is CC1CN(C(=O)OC(C)(C)C)Cc2c(O)ccc(F)c21. The van der Waals surface area contributed by atoms with E-state index in [4.69, 9.17) is 4.74 Å². The Balaban J connectivity index is 2.28. The molecule has 1 aliphatic rings. The monoisotopic (exact) mass is 281 g/mol. The number of halogens is 1. The van der Waals surface area contributed by atoms with Gasteiger partial charge in [-0.1, -0.05) is 6.92 Å². The molecule has 1 atom stereocenters. The van der Waals surface area contributed by atoms with E-state index in [9.17, 15) is 14.3 Å². The molecule has 0 aliphatic carbocycles.